The van der Waals surface area contributed by atoms with Crippen molar-refractivity contribution in [2.75, 3.05) is 40.5 Å². The number of esters is 1. The summed E-state index contributed by atoms with van der Waals surface area (Å²) in [5.41, 5.74) is 1.83. The largest absolute Gasteiger partial charge is 0.491 e. The van der Waals surface area contributed by atoms with Gasteiger partial charge in [0.15, 0.2) is 0 Å². The summed E-state index contributed by atoms with van der Waals surface area (Å²) in [4.78, 5) is 18.2. The average Bonchev–Trinajstić information content (AvgIpc) is 2.90. The van der Waals surface area contributed by atoms with E-state index in [4.69, 9.17) is 30.6 Å². The van der Waals surface area contributed by atoms with Gasteiger partial charge in [-0.1, -0.05) is 54.1 Å². The van der Waals surface area contributed by atoms with Crippen LogP contribution >= 0.6 is 11.6 Å². The zero-order valence-corrected chi connectivity index (χ0v) is 21.1. The van der Waals surface area contributed by atoms with E-state index < -0.39 is 12.1 Å². The van der Waals surface area contributed by atoms with Crippen molar-refractivity contribution >= 4 is 29.2 Å². The molecule has 1 atom stereocenters. The third-order valence-corrected chi connectivity index (χ3v) is 5.35. The van der Waals surface area contributed by atoms with Crippen LogP contribution in [0.1, 0.15) is 11.1 Å². The Balaban J connectivity index is 1.60. The molecule has 0 spiro atoms. The van der Waals surface area contributed by atoms with Crippen LogP contribution in [0.4, 0.5) is 0 Å². The van der Waals surface area contributed by atoms with Crippen LogP contribution in [-0.4, -0.2) is 62.8 Å². The average molecular weight is 512 g/mol. The molecule has 0 aliphatic rings. The van der Waals surface area contributed by atoms with Crippen LogP contribution in [0.5, 0.6) is 11.5 Å². The van der Waals surface area contributed by atoms with Crippen molar-refractivity contribution in [3.8, 4) is 11.5 Å². The molecule has 3 aromatic rings. The van der Waals surface area contributed by atoms with Crippen LogP contribution in [0.15, 0.2) is 78.9 Å². The molecule has 36 heavy (non-hydrogen) atoms. The quantitative estimate of drug-likeness (QED) is 0.154. The Bertz CT molecular complexity index is 1120. The SMILES string of the molecule is COCCN(CC(O)COc1ccc(/C=C(/C(=O)OC)c2cccc(Cl)c2)cc1)Oc1ccccc1. The van der Waals surface area contributed by atoms with Gasteiger partial charge in [0, 0.05) is 12.1 Å². The third kappa shape index (κ3) is 8.70. The normalized spacial score (nSPS) is 12.3. The topological polar surface area (TPSA) is 77.5 Å². The molecule has 0 heterocycles. The lowest BCUT2D eigenvalue weighted by Crippen LogP contribution is -2.39. The van der Waals surface area contributed by atoms with Crippen LogP contribution < -0.4 is 9.57 Å². The van der Waals surface area contributed by atoms with Gasteiger partial charge in [0.25, 0.3) is 0 Å². The molecule has 1 unspecified atom stereocenters. The number of ether oxygens (including phenoxy) is 3. The number of hydrogen-bond acceptors (Lipinski definition) is 7. The zero-order valence-electron chi connectivity index (χ0n) is 20.3. The first kappa shape index (κ1) is 27.2. The van der Waals surface area contributed by atoms with E-state index >= 15 is 0 Å². The van der Waals surface area contributed by atoms with Gasteiger partial charge in [0.2, 0.25) is 0 Å². The number of rotatable bonds is 13. The Morgan fingerprint density at radius 1 is 1.00 bits per heavy atom. The number of hydrogen-bond donors (Lipinski definition) is 1. The van der Waals surface area contributed by atoms with Crippen molar-refractivity contribution in [2.24, 2.45) is 0 Å². The summed E-state index contributed by atoms with van der Waals surface area (Å²) >= 11 is 6.08. The van der Waals surface area contributed by atoms with Gasteiger partial charge in [-0.15, -0.1) is 5.06 Å². The second-order valence-corrected chi connectivity index (χ2v) is 8.32. The molecular weight excluding hydrogens is 482 g/mol. The van der Waals surface area contributed by atoms with Crippen molar-refractivity contribution in [1.82, 2.24) is 5.06 Å². The van der Waals surface area contributed by atoms with E-state index in [1.165, 1.54) is 7.11 Å². The van der Waals surface area contributed by atoms with Crippen molar-refractivity contribution in [3.63, 3.8) is 0 Å². The first-order valence-electron chi connectivity index (χ1n) is 11.4. The summed E-state index contributed by atoms with van der Waals surface area (Å²) in [6.45, 7) is 1.25. The fraction of sp³-hybridized carbons (Fsp3) is 0.250. The van der Waals surface area contributed by atoms with E-state index in [0.717, 1.165) is 5.56 Å². The molecule has 0 bridgehead atoms. The van der Waals surface area contributed by atoms with Gasteiger partial charge in [-0.2, -0.15) is 0 Å². The van der Waals surface area contributed by atoms with E-state index in [1.807, 2.05) is 42.5 Å². The van der Waals surface area contributed by atoms with E-state index in [2.05, 4.69) is 0 Å². The Morgan fingerprint density at radius 2 is 1.75 bits per heavy atom. The van der Waals surface area contributed by atoms with Gasteiger partial charge >= 0.3 is 5.97 Å². The number of carbonyl (C=O) groups is 1. The van der Waals surface area contributed by atoms with Gasteiger partial charge in [-0.25, -0.2) is 4.79 Å². The third-order valence-electron chi connectivity index (χ3n) is 5.11. The van der Waals surface area contributed by atoms with Crippen LogP contribution in [0.25, 0.3) is 11.6 Å². The summed E-state index contributed by atoms with van der Waals surface area (Å²) in [5, 5.41) is 12.7. The number of halogens is 1. The van der Waals surface area contributed by atoms with Crippen LogP contribution in [0.3, 0.4) is 0 Å². The summed E-state index contributed by atoms with van der Waals surface area (Å²) in [7, 11) is 2.95. The Hall–Kier alpha value is -3.36. The van der Waals surface area contributed by atoms with Crippen LogP contribution in [0.2, 0.25) is 5.02 Å². The smallest absolute Gasteiger partial charge is 0.338 e. The molecule has 0 fully saturated rings. The minimum absolute atomic E-state index is 0.0761. The second-order valence-electron chi connectivity index (χ2n) is 7.88. The molecule has 0 aromatic heterocycles. The lowest BCUT2D eigenvalue weighted by atomic mass is 10.0. The van der Waals surface area contributed by atoms with E-state index in [9.17, 15) is 9.90 Å². The predicted molar refractivity (Wildman–Crippen MR) is 140 cm³/mol. The summed E-state index contributed by atoms with van der Waals surface area (Å²) < 4.78 is 15.8. The number of carbonyl (C=O) groups excluding carboxylic acids is 1. The van der Waals surface area contributed by atoms with E-state index in [0.29, 0.717) is 40.8 Å². The van der Waals surface area contributed by atoms with Gasteiger partial charge in [-0.3, -0.25) is 0 Å². The van der Waals surface area contributed by atoms with Crippen molar-refractivity contribution in [1.29, 1.82) is 0 Å². The fourth-order valence-corrected chi connectivity index (χ4v) is 3.52. The van der Waals surface area contributed by atoms with Crippen molar-refractivity contribution in [3.05, 3.63) is 95.0 Å². The molecule has 0 aliphatic carbocycles. The number of aliphatic hydroxyl groups excluding tert-OH is 1. The lowest BCUT2D eigenvalue weighted by molar-refractivity contribution is -0.133. The highest BCUT2D eigenvalue weighted by molar-refractivity contribution is 6.31. The van der Waals surface area contributed by atoms with E-state index in [-0.39, 0.29) is 13.2 Å². The summed E-state index contributed by atoms with van der Waals surface area (Å²) in [6.07, 6.45) is 0.934. The molecule has 190 valence electrons. The Morgan fingerprint density at radius 3 is 2.42 bits per heavy atom. The lowest BCUT2D eigenvalue weighted by Gasteiger charge is -2.24. The maximum absolute atomic E-state index is 12.3. The van der Waals surface area contributed by atoms with Gasteiger partial charge in [-0.05, 0) is 53.6 Å². The molecule has 0 amide bonds. The van der Waals surface area contributed by atoms with Gasteiger partial charge < -0.3 is 24.2 Å². The molecule has 0 saturated carbocycles. The second kappa shape index (κ2) is 14.3. The number of methoxy groups -OCH3 is 2. The van der Waals surface area contributed by atoms with Crippen LogP contribution in [-0.2, 0) is 14.3 Å². The molecule has 0 aliphatic heterocycles. The minimum atomic E-state index is -0.793. The number of aliphatic hydroxyl groups is 1. The van der Waals surface area contributed by atoms with Gasteiger partial charge in [0.05, 0.1) is 32.4 Å². The number of para-hydroxylation sites is 1. The maximum Gasteiger partial charge on any atom is 0.338 e. The molecular formula is C28H30ClNO6. The highest BCUT2D eigenvalue weighted by Gasteiger charge is 2.15. The zero-order chi connectivity index (χ0) is 25.8. The van der Waals surface area contributed by atoms with Crippen molar-refractivity contribution < 1.29 is 28.9 Å². The monoisotopic (exact) mass is 511 g/mol. The first-order chi connectivity index (χ1) is 17.5. The molecule has 1 N–H and O–H groups in total. The number of nitrogens with zero attached hydrogens (tertiary/aromatic N) is 1. The standard InChI is InChI=1S/C28H30ClNO6/c1-33-16-15-30(36-26-9-4-3-5-10-26)19-24(31)20-35-25-13-11-21(12-14-25)17-27(28(32)34-2)22-7-6-8-23(29)18-22/h3-14,17-18,24,31H,15-16,19-20H2,1-2H3/b27-17+. The molecule has 0 saturated heterocycles. The Kier molecular flexibility index (Phi) is 10.8. The number of benzene rings is 3. The van der Waals surface area contributed by atoms with Crippen molar-refractivity contribution in [2.45, 2.75) is 6.10 Å². The Labute approximate surface area is 216 Å². The number of hydroxylamine groups is 2. The van der Waals surface area contributed by atoms with E-state index in [1.54, 1.807) is 54.6 Å². The molecule has 0 radical (unpaired) electrons. The van der Waals surface area contributed by atoms with Gasteiger partial charge in [0.1, 0.15) is 24.2 Å². The maximum atomic E-state index is 12.3. The summed E-state index contributed by atoms with van der Waals surface area (Å²) in [6, 6.07) is 23.6. The minimum Gasteiger partial charge on any atom is -0.491 e. The predicted octanol–water partition coefficient (Wildman–Crippen LogP) is 4.74. The van der Waals surface area contributed by atoms with Crippen LogP contribution in [0, 0.1) is 0 Å². The molecule has 7 nitrogen and oxygen atoms in total. The first-order valence-corrected chi connectivity index (χ1v) is 11.8. The highest BCUT2D eigenvalue weighted by Crippen LogP contribution is 2.24. The summed E-state index contributed by atoms with van der Waals surface area (Å²) in [5.74, 6) is 0.798. The molecule has 8 heteroatoms. The molecule has 3 rings (SSSR count). The molecule has 3 aromatic carbocycles. The highest BCUT2D eigenvalue weighted by atomic mass is 35.5. The fourth-order valence-electron chi connectivity index (χ4n) is 3.33.